The highest BCUT2D eigenvalue weighted by molar-refractivity contribution is 5.71. The second-order valence-corrected chi connectivity index (χ2v) is 19.1. The van der Waals surface area contributed by atoms with E-state index in [4.69, 9.17) is 14.2 Å². The number of esters is 3. The normalized spacial score (nSPS) is 13.4. The van der Waals surface area contributed by atoms with Crippen LogP contribution in [0.2, 0.25) is 0 Å². The molecule has 0 fully saturated rings. The van der Waals surface area contributed by atoms with E-state index in [-0.39, 0.29) is 44.0 Å². The molecule has 0 aliphatic heterocycles. The van der Waals surface area contributed by atoms with Crippen molar-refractivity contribution in [3.63, 3.8) is 0 Å². The highest BCUT2D eigenvalue weighted by atomic mass is 16.6. The van der Waals surface area contributed by atoms with Crippen LogP contribution < -0.4 is 0 Å². The fourth-order valence-electron chi connectivity index (χ4n) is 7.44. The highest BCUT2D eigenvalue weighted by Gasteiger charge is 2.19. The fourth-order valence-corrected chi connectivity index (χ4v) is 7.44. The predicted molar refractivity (Wildman–Crippen MR) is 334 cm³/mol. The molecular formula is C71H108O6. The first-order valence-corrected chi connectivity index (χ1v) is 30.3. The van der Waals surface area contributed by atoms with E-state index in [2.05, 4.69) is 203 Å². The summed E-state index contributed by atoms with van der Waals surface area (Å²) in [6.45, 7) is 6.28. The molecule has 0 amide bonds. The highest BCUT2D eigenvalue weighted by Crippen LogP contribution is 2.12. The molecule has 0 N–H and O–H groups in total. The Bertz CT molecular complexity index is 1840. The molecule has 0 spiro atoms. The van der Waals surface area contributed by atoms with E-state index in [0.29, 0.717) is 19.3 Å². The van der Waals surface area contributed by atoms with E-state index >= 15 is 0 Å². The van der Waals surface area contributed by atoms with Gasteiger partial charge in [-0.05, 0) is 141 Å². The molecule has 0 aliphatic carbocycles. The van der Waals surface area contributed by atoms with Crippen LogP contribution in [0.1, 0.15) is 226 Å². The Morgan fingerprint density at radius 3 is 0.818 bits per heavy atom. The summed E-state index contributed by atoms with van der Waals surface area (Å²) in [6.07, 6.45) is 94.8. The van der Waals surface area contributed by atoms with Gasteiger partial charge in [-0.15, -0.1) is 0 Å². The smallest absolute Gasteiger partial charge is 0.306 e. The summed E-state index contributed by atoms with van der Waals surface area (Å²) in [7, 11) is 0. The van der Waals surface area contributed by atoms with Crippen LogP contribution in [0.3, 0.4) is 0 Å². The van der Waals surface area contributed by atoms with Crippen LogP contribution in [0.25, 0.3) is 0 Å². The molecule has 0 aromatic carbocycles. The van der Waals surface area contributed by atoms with E-state index in [9.17, 15) is 14.4 Å². The van der Waals surface area contributed by atoms with Gasteiger partial charge < -0.3 is 14.2 Å². The van der Waals surface area contributed by atoms with Crippen LogP contribution in [-0.2, 0) is 28.6 Å². The van der Waals surface area contributed by atoms with Gasteiger partial charge in [-0.2, -0.15) is 0 Å². The Morgan fingerprint density at radius 2 is 0.506 bits per heavy atom. The molecular weight excluding hydrogens is 949 g/mol. The van der Waals surface area contributed by atoms with Crippen molar-refractivity contribution in [2.75, 3.05) is 13.2 Å². The number of ether oxygens (including phenoxy) is 3. The molecule has 0 rings (SSSR count). The molecule has 0 aromatic rings. The van der Waals surface area contributed by atoms with Crippen molar-refractivity contribution in [3.8, 4) is 0 Å². The Balaban J connectivity index is 4.39. The van der Waals surface area contributed by atoms with E-state index in [0.717, 1.165) is 148 Å². The minimum atomic E-state index is -0.822. The van der Waals surface area contributed by atoms with Crippen LogP contribution in [0, 0.1) is 0 Å². The van der Waals surface area contributed by atoms with Gasteiger partial charge in [0.05, 0.1) is 0 Å². The molecule has 0 saturated heterocycles. The van der Waals surface area contributed by atoms with Crippen LogP contribution in [0.5, 0.6) is 0 Å². The molecule has 1 unspecified atom stereocenters. The summed E-state index contributed by atoms with van der Waals surface area (Å²) >= 11 is 0. The minimum Gasteiger partial charge on any atom is -0.462 e. The number of unbranched alkanes of at least 4 members (excludes halogenated alkanes) is 11. The summed E-state index contributed by atoms with van der Waals surface area (Å²) in [6, 6.07) is 0. The van der Waals surface area contributed by atoms with E-state index < -0.39 is 6.10 Å². The number of rotatable bonds is 52. The first-order valence-electron chi connectivity index (χ1n) is 30.3. The molecule has 0 bridgehead atoms. The summed E-state index contributed by atoms with van der Waals surface area (Å²) in [5.41, 5.74) is 0. The van der Waals surface area contributed by atoms with Gasteiger partial charge in [-0.25, -0.2) is 0 Å². The van der Waals surface area contributed by atoms with Gasteiger partial charge in [0.2, 0.25) is 0 Å². The van der Waals surface area contributed by atoms with Crippen molar-refractivity contribution in [2.45, 2.75) is 232 Å². The molecule has 6 heteroatoms. The maximum Gasteiger partial charge on any atom is 0.306 e. The van der Waals surface area contributed by atoms with Crippen LogP contribution in [0.4, 0.5) is 0 Å². The first-order chi connectivity index (χ1) is 38.0. The fraction of sp³-hybridized carbons (Fsp3) is 0.535. The van der Waals surface area contributed by atoms with Crippen LogP contribution in [-0.4, -0.2) is 37.2 Å². The lowest BCUT2D eigenvalue weighted by Crippen LogP contribution is -2.30. The monoisotopic (exact) mass is 1060 g/mol. The second-order valence-electron chi connectivity index (χ2n) is 19.1. The number of hydrogen-bond donors (Lipinski definition) is 0. The quantitative estimate of drug-likeness (QED) is 0.0261. The van der Waals surface area contributed by atoms with E-state index in [1.807, 2.05) is 0 Å². The number of hydrogen-bond acceptors (Lipinski definition) is 6. The Morgan fingerprint density at radius 1 is 0.273 bits per heavy atom. The summed E-state index contributed by atoms with van der Waals surface area (Å²) in [5, 5.41) is 0. The maximum absolute atomic E-state index is 12.8. The third kappa shape index (κ3) is 61.2. The maximum atomic E-state index is 12.8. The molecule has 428 valence electrons. The number of carbonyl (C=O) groups excluding carboxylic acids is 3. The van der Waals surface area contributed by atoms with Gasteiger partial charge in [-0.3, -0.25) is 14.4 Å². The summed E-state index contributed by atoms with van der Waals surface area (Å²) in [5.74, 6) is -1.01. The molecule has 0 aliphatic rings. The molecule has 0 radical (unpaired) electrons. The van der Waals surface area contributed by atoms with Gasteiger partial charge in [0.15, 0.2) is 6.10 Å². The largest absolute Gasteiger partial charge is 0.462 e. The second kappa shape index (κ2) is 63.0. The van der Waals surface area contributed by atoms with Crippen molar-refractivity contribution >= 4 is 17.9 Å². The molecule has 0 saturated carbocycles. The SMILES string of the molecule is CC/C=C\C/C=C\C/C=C\C/C=C\C/C=C\C/C=C\C/C=C\C/C=C\CCCCC(=O)OCC(COC(=O)CCCCCCCCC)OC(=O)CCCCC/C=C\C/C=C\C/C=C\C/C=C\C/C=C\C/C=C\C/C=C\CC. The average molecular weight is 1060 g/mol. The third-order valence-corrected chi connectivity index (χ3v) is 11.9. The summed E-state index contributed by atoms with van der Waals surface area (Å²) < 4.78 is 16.7. The zero-order chi connectivity index (χ0) is 55.7. The van der Waals surface area contributed by atoms with E-state index in [1.54, 1.807) is 0 Å². The first kappa shape index (κ1) is 71.5. The average Bonchev–Trinajstić information content (AvgIpc) is 3.43. The number of carbonyl (C=O) groups is 3. The Labute approximate surface area is 472 Å². The summed E-state index contributed by atoms with van der Waals surface area (Å²) in [4.78, 5) is 38.0. The molecule has 1 atom stereocenters. The van der Waals surface area contributed by atoms with Crippen molar-refractivity contribution in [1.82, 2.24) is 0 Å². The zero-order valence-electron chi connectivity index (χ0n) is 48.9. The number of allylic oxidation sites excluding steroid dienone is 30. The molecule has 0 aromatic heterocycles. The Kier molecular flexibility index (Phi) is 58.6. The molecule has 6 nitrogen and oxygen atoms in total. The van der Waals surface area contributed by atoms with Crippen molar-refractivity contribution < 1.29 is 28.6 Å². The van der Waals surface area contributed by atoms with Crippen LogP contribution in [0.15, 0.2) is 182 Å². The van der Waals surface area contributed by atoms with Crippen LogP contribution >= 0.6 is 0 Å². The molecule has 0 heterocycles. The standard InChI is InChI=1S/C71H108O6/c1-4-7-10-13-16-18-20-22-24-26-28-30-32-34-35-37-38-40-42-44-46-48-50-52-55-58-61-64-70(73)76-67-68(66-75-69(72)63-60-57-54-15-12-9-6-3)77-71(74)65-62-59-56-53-51-49-47-45-43-41-39-36-33-31-29-27-25-23-21-19-17-14-11-8-5-2/h7-8,10-11,16-19,22-25,28-31,34-36,38-40,43-46,49-52,68H,4-6,9,12-15,20-21,26-27,32-33,37,41-42,47-48,53-67H2,1-3H3/b10-7-,11-8-,18-16-,19-17-,24-22-,25-23-,30-28-,31-29-,35-34-,39-36-,40-38-,45-43-,46-44-,51-49-,52-50-. The third-order valence-electron chi connectivity index (χ3n) is 11.9. The zero-order valence-corrected chi connectivity index (χ0v) is 48.9. The van der Waals surface area contributed by atoms with Crippen molar-refractivity contribution in [1.29, 1.82) is 0 Å². The minimum absolute atomic E-state index is 0.115. The Hall–Kier alpha value is -5.49. The van der Waals surface area contributed by atoms with E-state index in [1.165, 1.54) is 25.7 Å². The van der Waals surface area contributed by atoms with Crippen molar-refractivity contribution in [3.05, 3.63) is 182 Å². The topological polar surface area (TPSA) is 78.9 Å². The lowest BCUT2D eigenvalue weighted by atomic mass is 10.1. The van der Waals surface area contributed by atoms with Gasteiger partial charge >= 0.3 is 17.9 Å². The lowest BCUT2D eigenvalue weighted by molar-refractivity contribution is -0.167. The van der Waals surface area contributed by atoms with Gasteiger partial charge in [0, 0.05) is 19.3 Å². The van der Waals surface area contributed by atoms with Gasteiger partial charge in [0.25, 0.3) is 0 Å². The van der Waals surface area contributed by atoms with Gasteiger partial charge in [0.1, 0.15) is 13.2 Å². The van der Waals surface area contributed by atoms with Gasteiger partial charge in [-0.1, -0.05) is 248 Å². The van der Waals surface area contributed by atoms with Crippen molar-refractivity contribution in [2.24, 2.45) is 0 Å². The predicted octanol–water partition coefficient (Wildman–Crippen LogP) is 20.9. The molecule has 77 heavy (non-hydrogen) atoms. The lowest BCUT2D eigenvalue weighted by Gasteiger charge is -2.18.